The summed E-state index contributed by atoms with van der Waals surface area (Å²) in [6.45, 7) is 0. The number of carboxylic acid groups (broad SMARTS) is 1. The highest BCUT2D eigenvalue weighted by atomic mass is 16.4. The van der Waals surface area contributed by atoms with Gasteiger partial charge in [-0.1, -0.05) is 12.5 Å². The maximum absolute atomic E-state index is 10.8. The Morgan fingerprint density at radius 3 is 2.62 bits per heavy atom. The largest absolute Gasteiger partial charge is 0.507 e. The van der Waals surface area contributed by atoms with E-state index in [1.54, 1.807) is 6.07 Å². The second-order valence-electron chi connectivity index (χ2n) is 4.30. The van der Waals surface area contributed by atoms with Gasteiger partial charge in [0.2, 0.25) is 0 Å². The minimum Gasteiger partial charge on any atom is -0.507 e. The zero-order valence-corrected chi connectivity index (χ0v) is 8.89. The Hall–Kier alpha value is -1.55. The highest BCUT2D eigenvalue weighted by Gasteiger charge is 2.26. The molecule has 1 atom stereocenters. The molecule has 4 N–H and O–H groups in total. The van der Waals surface area contributed by atoms with Crippen LogP contribution in [0.2, 0.25) is 0 Å². The molecular formula is C12H15NO3. The van der Waals surface area contributed by atoms with Crippen molar-refractivity contribution in [2.24, 2.45) is 11.7 Å². The second kappa shape index (κ2) is 4.14. The second-order valence-corrected chi connectivity index (χ2v) is 4.30. The topological polar surface area (TPSA) is 83.5 Å². The molecule has 0 unspecified atom stereocenters. The molecule has 1 aromatic rings. The minimum atomic E-state index is -1.12. The fourth-order valence-corrected chi connectivity index (χ4v) is 2.00. The van der Waals surface area contributed by atoms with Crippen LogP contribution in [0.15, 0.2) is 18.2 Å². The van der Waals surface area contributed by atoms with Crippen LogP contribution in [0, 0.1) is 5.92 Å². The number of hydrogen-bond donors (Lipinski definition) is 3. The standard InChI is InChI=1S/C12H15NO3/c13-11(7-2-1-3-7)8-4-5-10(14)9(6-8)12(15)16/h4-7,11,14H,1-3,13H2,(H,15,16)/t11-/m0/s1. The molecule has 0 aromatic heterocycles. The van der Waals surface area contributed by atoms with E-state index >= 15 is 0 Å². The first-order chi connectivity index (χ1) is 7.59. The molecular weight excluding hydrogens is 206 g/mol. The molecule has 1 aromatic carbocycles. The van der Waals surface area contributed by atoms with Crippen LogP contribution >= 0.6 is 0 Å². The Bertz CT molecular complexity index is 413. The summed E-state index contributed by atoms with van der Waals surface area (Å²) in [6, 6.07) is 4.45. The fourth-order valence-electron chi connectivity index (χ4n) is 2.00. The zero-order valence-electron chi connectivity index (χ0n) is 8.89. The lowest BCUT2D eigenvalue weighted by Crippen LogP contribution is -2.26. The monoisotopic (exact) mass is 221 g/mol. The molecule has 0 bridgehead atoms. The molecule has 0 amide bonds. The molecule has 1 saturated carbocycles. The highest BCUT2D eigenvalue weighted by Crippen LogP contribution is 2.37. The van der Waals surface area contributed by atoms with Crippen LogP contribution in [0.25, 0.3) is 0 Å². The van der Waals surface area contributed by atoms with Gasteiger partial charge in [0, 0.05) is 6.04 Å². The van der Waals surface area contributed by atoms with E-state index in [1.165, 1.54) is 18.6 Å². The Balaban J connectivity index is 2.27. The van der Waals surface area contributed by atoms with Crippen molar-refractivity contribution in [3.05, 3.63) is 29.3 Å². The first-order valence-electron chi connectivity index (χ1n) is 5.41. The number of benzene rings is 1. The Morgan fingerprint density at radius 1 is 1.44 bits per heavy atom. The van der Waals surface area contributed by atoms with Gasteiger partial charge >= 0.3 is 5.97 Å². The van der Waals surface area contributed by atoms with E-state index in [1.807, 2.05) is 0 Å². The summed E-state index contributed by atoms with van der Waals surface area (Å²) in [5, 5.41) is 18.3. The van der Waals surface area contributed by atoms with Crippen molar-refractivity contribution >= 4 is 5.97 Å². The number of hydrogen-bond acceptors (Lipinski definition) is 3. The van der Waals surface area contributed by atoms with Crippen LogP contribution in [-0.2, 0) is 0 Å². The van der Waals surface area contributed by atoms with Crippen molar-refractivity contribution in [2.45, 2.75) is 25.3 Å². The summed E-state index contributed by atoms with van der Waals surface area (Å²) in [5.41, 5.74) is 6.76. The van der Waals surface area contributed by atoms with Crippen molar-refractivity contribution in [1.29, 1.82) is 0 Å². The SMILES string of the molecule is N[C@H](c1ccc(O)c(C(=O)O)c1)C1CCC1. The van der Waals surface area contributed by atoms with Crippen LogP contribution in [0.5, 0.6) is 5.75 Å². The van der Waals surface area contributed by atoms with Crippen molar-refractivity contribution in [2.75, 3.05) is 0 Å². The molecule has 4 heteroatoms. The van der Waals surface area contributed by atoms with Crippen molar-refractivity contribution in [1.82, 2.24) is 0 Å². The van der Waals surface area contributed by atoms with E-state index in [2.05, 4.69) is 0 Å². The maximum atomic E-state index is 10.8. The van der Waals surface area contributed by atoms with E-state index in [-0.39, 0.29) is 17.4 Å². The van der Waals surface area contributed by atoms with Gasteiger partial charge < -0.3 is 15.9 Å². The first-order valence-corrected chi connectivity index (χ1v) is 5.41. The average Bonchev–Trinajstić information content (AvgIpc) is 2.15. The van der Waals surface area contributed by atoms with E-state index in [9.17, 15) is 9.90 Å². The van der Waals surface area contributed by atoms with Gasteiger partial charge in [0.1, 0.15) is 11.3 Å². The predicted octanol–water partition coefficient (Wildman–Crippen LogP) is 1.89. The zero-order chi connectivity index (χ0) is 11.7. The van der Waals surface area contributed by atoms with E-state index in [0.717, 1.165) is 18.4 Å². The molecule has 0 aliphatic heterocycles. The van der Waals surface area contributed by atoms with Gasteiger partial charge in [-0.3, -0.25) is 0 Å². The van der Waals surface area contributed by atoms with Gasteiger partial charge in [0.05, 0.1) is 0 Å². The van der Waals surface area contributed by atoms with Crippen LogP contribution in [0.1, 0.15) is 41.2 Å². The molecule has 0 saturated heterocycles. The molecule has 0 heterocycles. The van der Waals surface area contributed by atoms with Gasteiger partial charge in [-0.15, -0.1) is 0 Å². The number of phenols is 1. The third-order valence-electron chi connectivity index (χ3n) is 3.29. The lowest BCUT2D eigenvalue weighted by molar-refractivity contribution is 0.0693. The van der Waals surface area contributed by atoms with Crippen molar-refractivity contribution in [3.8, 4) is 5.75 Å². The van der Waals surface area contributed by atoms with Crippen LogP contribution < -0.4 is 5.73 Å². The van der Waals surface area contributed by atoms with E-state index < -0.39 is 5.97 Å². The lowest BCUT2D eigenvalue weighted by atomic mass is 9.77. The Morgan fingerprint density at radius 2 is 2.12 bits per heavy atom. The Labute approximate surface area is 93.7 Å². The smallest absolute Gasteiger partial charge is 0.339 e. The molecule has 4 nitrogen and oxygen atoms in total. The Kier molecular flexibility index (Phi) is 2.83. The number of aromatic hydroxyl groups is 1. The number of carbonyl (C=O) groups is 1. The summed E-state index contributed by atoms with van der Waals surface area (Å²) >= 11 is 0. The average molecular weight is 221 g/mol. The van der Waals surface area contributed by atoms with Crippen LogP contribution in [-0.4, -0.2) is 16.2 Å². The summed E-state index contributed by atoms with van der Waals surface area (Å²) in [6.07, 6.45) is 3.40. The fraction of sp³-hybridized carbons (Fsp3) is 0.417. The predicted molar refractivity (Wildman–Crippen MR) is 59.3 cm³/mol. The van der Waals surface area contributed by atoms with Crippen LogP contribution in [0.4, 0.5) is 0 Å². The third kappa shape index (κ3) is 1.88. The number of aromatic carboxylic acids is 1. The minimum absolute atomic E-state index is 0.0766. The molecule has 1 aliphatic rings. The number of nitrogens with two attached hydrogens (primary N) is 1. The lowest BCUT2D eigenvalue weighted by Gasteiger charge is -2.31. The quantitative estimate of drug-likeness (QED) is 0.727. The van der Waals surface area contributed by atoms with Crippen molar-refractivity contribution in [3.63, 3.8) is 0 Å². The molecule has 1 fully saturated rings. The molecule has 0 radical (unpaired) electrons. The van der Waals surface area contributed by atoms with Gasteiger partial charge in [-0.25, -0.2) is 4.79 Å². The number of rotatable bonds is 3. The molecule has 2 rings (SSSR count). The van der Waals surface area contributed by atoms with Gasteiger partial charge in [0.25, 0.3) is 0 Å². The molecule has 1 aliphatic carbocycles. The molecule has 0 spiro atoms. The van der Waals surface area contributed by atoms with E-state index in [0.29, 0.717) is 5.92 Å². The highest BCUT2D eigenvalue weighted by molar-refractivity contribution is 5.90. The third-order valence-corrected chi connectivity index (χ3v) is 3.29. The molecule has 16 heavy (non-hydrogen) atoms. The van der Waals surface area contributed by atoms with E-state index in [4.69, 9.17) is 10.8 Å². The van der Waals surface area contributed by atoms with Gasteiger partial charge in [0.15, 0.2) is 0 Å². The summed E-state index contributed by atoms with van der Waals surface area (Å²) in [4.78, 5) is 10.8. The van der Waals surface area contributed by atoms with Crippen molar-refractivity contribution < 1.29 is 15.0 Å². The van der Waals surface area contributed by atoms with Gasteiger partial charge in [-0.2, -0.15) is 0 Å². The maximum Gasteiger partial charge on any atom is 0.339 e. The van der Waals surface area contributed by atoms with Crippen LogP contribution in [0.3, 0.4) is 0 Å². The normalized spacial score (nSPS) is 17.8. The summed E-state index contributed by atoms with van der Waals surface area (Å²) in [5.74, 6) is -0.886. The number of carboxylic acids is 1. The summed E-state index contributed by atoms with van der Waals surface area (Å²) in [7, 11) is 0. The van der Waals surface area contributed by atoms with Gasteiger partial charge in [-0.05, 0) is 36.5 Å². The summed E-state index contributed by atoms with van der Waals surface area (Å²) < 4.78 is 0. The molecule has 86 valence electrons. The first kappa shape index (κ1) is 11.0.